The van der Waals surface area contributed by atoms with E-state index in [2.05, 4.69) is 5.32 Å². The fraction of sp³-hybridized carbons (Fsp3) is 0.0909. The number of halogens is 1. The first-order chi connectivity index (χ1) is 14.8. The number of carbonyl (C=O) groups excluding carboxylic acids is 2. The molecule has 0 saturated carbocycles. The molecule has 0 spiro atoms. The Labute approximate surface area is 181 Å². The molecule has 1 fully saturated rings. The van der Waals surface area contributed by atoms with Gasteiger partial charge in [-0.25, -0.2) is 4.79 Å². The minimum Gasteiger partial charge on any atom is -0.457 e. The fourth-order valence-electron chi connectivity index (χ4n) is 3.24. The third-order valence-corrected chi connectivity index (χ3v) is 5.05. The van der Waals surface area contributed by atoms with Crippen LogP contribution in [0.5, 0.6) is 0 Å². The molecule has 31 heavy (non-hydrogen) atoms. The number of hydrogen-bond acceptors (Lipinski definition) is 5. The molecule has 8 nitrogen and oxygen atoms in total. The quantitative estimate of drug-likeness (QED) is 0.264. The number of amides is 3. The molecule has 0 radical (unpaired) electrons. The van der Waals surface area contributed by atoms with Gasteiger partial charge in [0.15, 0.2) is 0 Å². The number of imide groups is 1. The maximum Gasteiger partial charge on any atom is 0.329 e. The van der Waals surface area contributed by atoms with Crippen molar-refractivity contribution in [3.63, 3.8) is 0 Å². The summed E-state index contributed by atoms with van der Waals surface area (Å²) < 4.78 is 5.69. The number of furan rings is 1. The van der Waals surface area contributed by atoms with Gasteiger partial charge < -0.3 is 9.73 Å². The van der Waals surface area contributed by atoms with E-state index in [-0.39, 0.29) is 23.0 Å². The van der Waals surface area contributed by atoms with Gasteiger partial charge >= 0.3 is 6.03 Å². The Hall–Kier alpha value is -3.91. The van der Waals surface area contributed by atoms with E-state index in [9.17, 15) is 19.7 Å². The summed E-state index contributed by atoms with van der Waals surface area (Å²) in [5.74, 6) is 0.116. The maximum absolute atomic E-state index is 12.7. The van der Waals surface area contributed by atoms with Crippen molar-refractivity contribution < 1.29 is 18.9 Å². The van der Waals surface area contributed by atoms with Gasteiger partial charge in [0.1, 0.15) is 17.2 Å². The van der Waals surface area contributed by atoms with Gasteiger partial charge in [0.2, 0.25) is 0 Å². The molecule has 4 rings (SSSR count). The van der Waals surface area contributed by atoms with Crippen molar-refractivity contribution in [1.29, 1.82) is 0 Å². The first-order valence-corrected chi connectivity index (χ1v) is 9.64. The van der Waals surface area contributed by atoms with Crippen LogP contribution in [0.3, 0.4) is 0 Å². The van der Waals surface area contributed by atoms with E-state index in [1.807, 2.05) is 31.2 Å². The molecule has 1 aliphatic heterocycles. The SMILES string of the molecule is Cc1cccc(CN2C(=O)N/C(=C/c3ccc(-c4cc([N+](=O)[O-])ccc4Cl)o3)C2=O)c1. The minimum absolute atomic E-state index is 0.0729. The van der Waals surface area contributed by atoms with Crippen molar-refractivity contribution in [3.05, 3.63) is 92.3 Å². The molecular formula is C22H16ClN3O5. The zero-order valence-electron chi connectivity index (χ0n) is 16.3. The summed E-state index contributed by atoms with van der Waals surface area (Å²) >= 11 is 6.15. The standard InChI is InChI=1S/C22H16ClN3O5/c1-13-3-2-4-14(9-13)12-25-21(27)19(24-22(25)28)11-16-6-8-20(31-16)17-10-15(26(29)30)5-7-18(17)23/h2-11H,12H2,1H3,(H,24,28)/b19-11+. The summed E-state index contributed by atoms with van der Waals surface area (Å²) in [7, 11) is 0. The summed E-state index contributed by atoms with van der Waals surface area (Å²) in [6.07, 6.45) is 1.41. The number of non-ortho nitro benzene ring substituents is 1. The third kappa shape index (κ3) is 4.19. The number of hydrogen-bond donors (Lipinski definition) is 1. The van der Waals surface area contributed by atoms with E-state index < -0.39 is 16.9 Å². The number of carbonyl (C=O) groups is 2. The van der Waals surface area contributed by atoms with Gasteiger partial charge in [-0.15, -0.1) is 0 Å². The highest BCUT2D eigenvalue weighted by atomic mass is 35.5. The van der Waals surface area contributed by atoms with E-state index in [0.29, 0.717) is 17.1 Å². The van der Waals surface area contributed by atoms with Gasteiger partial charge in [0.05, 0.1) is 16.5 Å². The van der Waals surface area contributed by atoms with E-state index in [0.717, 1.165) is 16.0 Å². The molecule has 2 heterocycles. The predicted octanol–water partition coefficient (Wildman–Crippen LogP) is 4.91. The van der Waals surface area contributed by atoms with Gasteiger partial charge in [-0.2, -0.15) is 0 Å². The van der Waals surface area contributed by atoms with Crippen LogP contribution in [0.15, 0.2) is 64.7 Å². The number of rotatable bonds is 5. The lowest BCUT2D eigenvalue weighted by atomic mass is 10.1. The van der Waals surface area contributed by atoms with Crippen LogP contribution in [-0.4, -0.2) is 21.8 Å². The van der Waals surface area contributed by atoms with Crippen molar-refractivity contribution in [2.45, 2.75) is 13.5 Å². The fourth-order valence-corrected chi connectivity index (χ4v) is 3.45. The zero-order valence-corrected chi connectivity index (χ0v) is 17.1. The van der Waals surface area contributed by atoms with Crippen LogP contribution in [0.2, 0.25) is 5.02 Å². The van der Waals surface area contributed by atoms with Gasteiger partial charge in [-0.1, -0.05) is 41.4 Å². The molecule has 3 aromatic rings. The third-order valence-electron chi connectivity index (χ3n) is 4.73. The van der Waals surface area contributed by atoms with Gasteiger partial charge in [-0.05, 0) is 30.7 Å². The van der Waals surface area contributed by atoms with Crippen LogP contribution in [0.4, 0.5) is 10.5 Å². The van der Waals surface area contributed by atoms with Gasteiger partial charge in [0.25, 0.3) is 11.6 Å². The normalized spacial score (nSPS) is 14.9. The number of nitrogens with zero attached hydrogens (tertiary/aromatic N) is 2. The van der Waals surface area contributed by atoms with E-state index in [4.69, 9.17) is 16.0 Å². The van der Waals surface area contributed by atoms with Crippen molar-refractivity contribution in [1.82, 2.24) is 10.2 Å². The van der Waals surface area contributed by atoms with E-state index in [1.54, 1.807) is 12.1 Å². The summed E-state index contributed by atoms with van der Waals surface area (Å²) in [4.78, 5) is 36.6. The minimum atomic E-state index is -0.527. The molecule has 0 atom stereocenters. The number of benzene rings is 2. The average Bonchev–Trinajstić information content (AvgIpc) is 3.28. The smallest absolute Gasteiger partial charge is 0.329 e. The second-order valence-corrected chi connectivity index (χ2v) is 7.40. The highest BCUT2D eigenvalue weighted by Gasteiger charge is 2.33. The average molecular weight is 438 g/mol. The number of aryl methyl sites for hydroxylation is 1. The van der Waals surface area contributed by atoms with Gasteiger partial charge in [-0.3, -0.25) is 19.8 Å². The maximum atomic E-state index is 12.7. The van der Waals surface area contributed by atoms with Crippen LogP contribution in [-0.2, 0) is 11.3 Å². The predicted molar refractivity (Wildman–Crippen MR) is 114 cm³/mol. The number of nitro benzene ring substituents is 1. The molecule has 1 aliphatic rings. The number of nitrogens with one attached hydrogen (secondary N) is 1. The van der Waals surface area contributed by atoms with E-state index in [1.165, 1.54) is 24.3 Å². The first-order valence-electron chi connectivity index (χ1n) is 9.26. The second kappa shape index (κ2) is 8.08. The monoisotopic (exact) mass is 437 g/mol. The Morgan fingerprint density at radius 3 is 2.71 bits per heavy atom. The Morgan fingerprint density at radius 1 is 1.16 bits per heavy atom. The zero-order chi connectivity index (χ0) is 22.1. The first kappa shape index (κ1) is 20.4. The summed E-state index contributed by atoms with van der Waals surface area (Å²) in [5, 5.41) is 13.8. The van der Waals surface area contributed by atoms with Crippen molar-refractivity contribution in [2.75, 3.05) is 0 Å². The molecule has 156 valence electrons. The summed E-state index contributed by atoms with van der Waals surface area (Å²) in [6, 6.07) is 14.2. The molecule has 3 amide bonds. The Balaban J connectivity index is 1.57. The summed E-state index contributed by atoms with van der Waals surface area (Å²) in [5.41, 5.74) is 2.17. The topological polar surface area (TPSA) is 106 Å². The number of urea groups is 1. The second-order valence-electron chi connectivity index (χ2n) is 6.99. The van der Waals surface area contributed by atoms with Gasteiger partial charge in [0, 0.05) is 23.8 Å². The molecule has 0 bridgehead atoms. The molecule has 2 aromatic carbocycles. The summed E-state index contributed by atoms with van der Waals surface area (Å²) in [6.45, 7) is 2.08. The molecule has 0 aliphatic carbocycles. The Kier molecular flexibility index (Phi) is 5.31. The van der Waals surface area contributed by atoms with Crippen LogP contribution < -0.4 is 5.32 Å². The Bertz CT molecular complexity index is 1250. The molecule has 1 aromatic heterocycles. The largest absolute Gasteiger partial charge is 0.457 e. The highest BCUT2D eigenvalue weighted by molar-refractivity contribution is 6.33. The lowest BCUT2D eigenvalue weighted by Gasteiger charge is -2.12. The molecule has 1 saturated heterocycles. The molecule has 1 N–H and O–H groups in total. The molecule has 0 unspecified atom stereocenters. The van der Waals surface area contributed by atoms with Crippen LogP contribution in [0.1, 0.15) is 16.9 Å². The van der Waals surface area contributed by atoms with Crippen molar-refractivity contribution >= 4 is 35.3 Å². The van der Waals surface area contributed by atoms with Crippen LogP contribution in [0, 0.1) is 17.0 Å². The highest BCUT2D eigenvalue weighted by Crippen LogP contribution is 2.33. The Morgan fingerprint density at radius 2 is 1.97 bits per heavy atom. The molecular weight excluding hydrogens is 422 g/mol. The van der Waals surface area contributed by atoms with Crippen molar-refractivity contribution in [2.24, 2.45) is 0 Å². The lowest BCUT2D eigenvalue weighted by Crippen LogP contribution is -2.30. The van der Waals surface area contributed by atoms with Crippen molar-refractivity contribution in [3.8, 4) is 11.3 Å². The van der Waals surface area contributed by atoms with E-state index >= 15 is 0 Å². The number of nitro groups is 1. The molecule has 9 heteroatoms. The lowest BCUT2D eigenvalue weighted by molar-refractivity contribution is -0.384. The van der Waals surface area contributed by atoms with Crippen LogP contribution >= 0.6 is 11.6 Å². The van der Waals surface area contributed by atoms with Crippen LogP contribution in [0.25, 0.3) is 17.4 Å².